The first-order valence-corrected chi connectivity index (χ1v) is 8.16. The fraction of sp³-hybridized carbons (Fsp3) is 0.125. The number of hydrogen-bond acceptors (Lipinski definition) is 6. The molecule has 2 rings (SSSR count). The number of nitro groups is 1. The number of nitrogens with one attached hydrogen (secondary N) is 2. The van der Waals surface area contributed by atoms with Gasteiger partial charge in [-0.25, -0.2) is 0 Å². The van der Waals surface area contributed by atoms with Gasteiger partial charge in [0.15, 0.2) is 12.4 Å². The molecule has 0 atom stereocenters. The third-order valence-corrected chi connectivity index (χ3v) is 3.89. The first kappa shape index (κ1) is 18.3. The van der Waals surface area contributed by atoms with Crippen molar-refractivity contribution >= 4 is 29.3 Å². The smallest absolute Gasteiger partial charge is 0.310 e. The summed E-state index contributed by atoms with van der Waals surface area (Å²) in [6.07, 6.45) is 0. The van der Waals surface area contributed by atoms with E-state index in [1.165, 1.54) is 30.0 Å². The number of carbonyl (C=O) groups is 2. The topological polar surface area (TPSA) is 111 Å². The Balaban J connectivity index is 1.72. The van der Waals surface area contributed by atoms with Gasteiger partial charge in [0.25, 0.3) is 5.91 Å². The molecule has 0 aliphatic heterocycles. The number of amides is 2. The monoisotopic (exact) mass is 361 g/mol. The predicted molar refractivity (Wildman–Crippen MR) is 92.0 cm³/mol. The zero-order valence-electron chi connectivity index (χ0n) is 13.0. The van der Waals surface area contributed by atoms with Crippen LogP contribution in [0.15, 0.2) is 59.5 Å². The first-order chi connectivity index (χ1) is 12.1. The Kier molecular flexibility index (Phi) is 6.78. The van der Waals surface area contributed by atoms with Crippen molar-refractivity contribution in [1.29, 1.82) is 0 Å². The number of hydrogen-bond donors (Lipinski definition) is 2. The Morgan fingerprint density at radius 2 is 1.64 bits per heavy atom. The minimum atomic E-state index is -0.629. The molecule has 9 heteroatoms. The van der Waals surface area contributed by atoms with Crippen molar-refractivity contribution in [1.82, 2.24) is 10.9 Å². The molecule has 2 amide bonds. The van der Waals surface area contributed by atoms with E-state index >= 15 is 0 Å². The number of para-hydroxylation sites is 2. The Bertz CT molecular complexity index is 754. The molecule has 0 spiro atoms. The van der Waals surface area contributed by atoms with Crippen LogP contribution in [0.2, 0.25) is 0 Å². The quantitative estimate of drug-likeness (QED) is 0.443. The highest BCUT2D eigenvalue weighted by atomic mass is 32.2. The van der Waals surface area contributed by atoms with Gasteiger partial charge < -0.3 is 4.74 Å². The summed E-state index contributed by atoms with van der Waals surface area (Å²) in [5, 5.41) is 10.8. The van der Waals surface area contributed by atoms with E-state index in [9.17, 15) is 19.7 Å². The lowest BCUT2D eigenvalue weighted by molar-refractivity contribution is -0.385. The highest BCUT2D eigenvalue weighted by Crippen LogP contribution is 2.25. The van der Waals surface area contributed by atoms with Crippen molar-refractivity contribution in [3.05, 3.63) is 64.7 Å². The number of rotatable bonds is 7. The maximum atomic E-state index is 11.7. The molecule has 0 radical (unpaired) electrons. The van der Waals surface area contributed by atoms with E-state index in [0.717, 1.165) is 4.90 Å². The lowest BCUT2D eigenvalue weighted by Crippen LogP contribution is -2.44. The molecule has 2 aromatic rings. The van der Waals surface area contributed by atoms with Gasteiger partial charge in [-0.05, 0) is 18.2 Å². The van der Waals surface area contributed by atoms with Crippen LogP contribution in [0.5, 0.6) is 5.75 Å². The molecule has 8 nitrogen and oxygen atoms in total. The molecule has 2 aromatic carbocycles. The molecular weight excluding hydrogens is 346 g/mol. The number of benzene rings is 2. The number of nitrogens with zero attached hydrogens (tertiary/aromatic N) is 1. The van der Waals surface area contributed by atoms with Gasteiger partial charge in [0.1, 0.15) is 0 Å². The molecule has 0 heterocycles. The minimum Gasteiger partial charge on any atom is -0.477 e. The van der Waals surface area contributed by atoms with Crippen LogP contribution in [0.4, 0.5) is 5.69 Å². The second-order valence-corrected chi connectivity index (χ2v) is 5.76. The zero-order chi connectivity index (χ0) is 18.1. The highest BCUT2D eigenvalue weighted by molar-refractivity contribution is 8.00. The average Bonchev–Trinajstić information content (AvgIpc) is 2.64. The van der Waals surface area contributed by atoms with Gasteiger partial charge in [-0.1, -0.05) is 30.3 Å². The molecule has 2 N–H and O–H groups in total. The van der Waals surface area contributed by atoms with E-state index in [2.05, 4.69) is 10.9 Å². The number of hydrazine groups is 1. The maximum absolute atomic E-state index is 11.7. The molecule has 0 bridgehead atoms. The van der Waals surface area contributed by atoms with Gasteiger partial charge in [0, 0.05) is 11.0 Å². The van der Waals surface area contributed by atoms with Crippen LogP contribution in [0.3, 0.4) is 0 Å². The van der Waals surface area contributed by atoms with Crippen molar-refractivity contribution in [2.45, 2.75) is 4.90 Å². The number of thioether (sulfide) groups is 1. The molecule has 0 aromatic heterocycles. The summed E-state index contributed by atoms with van der Waals surface area (Å²) in [5.74, 6) is -0.896. The fourth-order valence-corrected chi connectivity index (χ4v) is 2.47. The molecule has 0 aliphatic rings. The van der Waals surface area contributed by atoms with Crippen LogP contribution in [0, 0.1) is 10.1 Å². The van der Waals surface area contributed by atoms with Crippen LogP contribution in [0.25, 0.3) is 0 Å². The van der Waals surface area contributed by atoms with Crippen molar-refractivity contribution < 1.29 is 19.2 Å². The minimum absolute atomic E-state index is 0.0198. The first-order valence-electron chi connectivity index (χ1n) is 7.18. The second-order valence-electron chi connectivity index (χ2n) is 4.71. The Hall–Kier alpha value is -3.07. The van der Waals surface area contributed by atoms with Crippen LogP contribution in [0.1, 0.15) is 0 Å². The van der Waals surface area contributed by atoms with Gasteiger partial charge in [-0.15, -0.1) is 11.8 Å². The van der Waals surface area contributed by atoms with Gasteiger partial charge in [-0.3, -0.25) is 30.6 Å². The molecule has 0 unspecified atom stereocenters. The average molecular weight is 361 g/mol. The van der Waals surface area contributed by atoms with Crippen molar-refractivity contribution in [3.8, 4) is 5.75 Å². The third-order valence-electron chi connectivity index (χ3n) is 2.88. The summed E-state index contributed by atoms with van der Waals surface area (Å²) in [7, 11) is 0. The van der Waals surface area contributed by atoms with Crippen LogP contribution in [-0.2, 0) is 9.59 Å². The summed E-state index contributed by atoms with van der Waals surface area (Å²) in [6.45, 7) is -0.461. The molecule has 25 heavy (non-hydrogen) atoms. The molecule has 0 fully saturated rings. The number of carbonyl (C=O) groups excluding carboxylic acids is 2. The van der Waals surface area contributed by atoms with E-state index in [4.69, 9.17) is 4.74 Å². The van der Waals surface area contributed by atoms with Crippen molar-refractivity contribution in [3.63, 3.8) is 0 Å². The lowest BCUT2D eigenvalue weighted by atomic mass is 10.3. The third kappa shape index (κ3) is 6.15. The fourth-order valence-electron chi connectivity index (χ4n) is 1.75. The molecule has 0 aliphatic carbocycles. The summed E-state index contributed by atoms with van der Waals surface area (Å²) in [4.78, 5) is 34.5. The standard InChI is InChI=1S/C16H15N3O5S/c20-15(10-24-14-9-5-4-8-13(14)19(22)23)17-18-16(21)11-25-12-6-2-1-3-7-12/h1-9H,10-11H2,(H,17,20)(H,18,21). The molecule has 0 saturated carbocycles. The predicted octanol–water partition coefficient (Wildman–Crippen LogP) is 1.91. The van der Waals surface area contributed by atoms with Crippen LogP contribution < -0.4 is 15.6 Å². The second kappa shape index (κ2) is 9.28. The maximum Gasteiger partial charge on any atom is 0.310 e. The number of nitro benzene ring substituents is 1. The van der Waals surface area contributed by atoms with E-state index in [1.54, 1.807) is 6.07 Å². The molecule has 130 valence electrons. The molecular formula is C16H15N3O5S. The van der Waals surface area contributed by atoms with Crippen LogP contribution >= 0.6 is 11.8 Å². The summed E-state index contributed by atoms with van der Waals surface area (Å²) in [5.41, 5.74) is 4.21. The Morgan fingerprint density at radius 1 is 1.00 bits per heavy atom. The van der Waals surface area contributed by atoms with E-state index in [0.29, 0.717) is 0 Å². The summed E-state index contributed by atoms with van der Waals surface area (Å²) in [6, 6.07) is 15.1. The van der Waals surface area contributed by atoms with Gasteiger partial charge in [0.05, 0.1) is 10.7 Å². The van der Waals surface area contributed by atoms with E-state index in [-0.39, 0.29) is 23.1 Å². The normalized spacial score (nSPS) is 9.92. The SMILES string of the molecule is O=C(COc1ccccc1[N+](=O)[O-])NNC(=O)CSc1ccccc1. The van der Waals surface area contributed by atoms with Gasteiger partial charge in [-0.2, -0.15) is 0 Å². The Morgan fingerprint density at radius 3 is 2.36 bits per heavy atom. The number of ether oxygens (including phenoxy) is 1. The van der Waals surface area contributed by atoms with Crippen molar-refractivity contribution in [2.75, 3.05) is 12.4 Å². The summed E-state index contributed by atoms with van der Waals surface area (Å²) < 4.78 is 5.11. The van der Waals surface area contributed by atoms with Gasteiger partial charge >= 0.3 is 5.69 Å². The van der Waals surface area contributed by atoms with Gasteiger partial charge in [0.2, 0.25) is 5.91 Å². The largest absolute Gasteiger partial charge is 0.477 e. The summed E-state index contributed by atoms with van der Waals surface area (Å²) >= 11 is 1.33. The highest BCUT2D eigenvalue weighted by Gasteiger charge is 2.15. The Labute approximate surface area is 147 Å². The molecule has 0 saturated heterocycles. The van der Waals surface area contributed by atoms with Crippen LogP contribution in [-0.4, -0.2) is 29.1 Å². The van der Waals surface area contributed by atoms with E-state index < -0.39 is 17.4 Å². The zero-order valence-corrected chi connectivity index (χ0v) is 13.8. The van der Waals surface area contributed by atoms with E-state index in [1.807, 2.05) is 30.3 Å². The van der Waals surface area contributed by atoms with Crippen molar-refractivity contribution in [2.24, 2.45) is 0 Å². The lowest BCUT2D eigenvalue weighted by Gasteiger charge is -2.09.